The Morgan fingerprint density at radius 2 is 2.10 bits per heavy atom. The minimum absolute atomic E-state index is 0.418. The Bertz CT molecular complexity index is 488. The molecule has 1 aromatic rings. The summed E-state index contributed by atoms with van der Waals surface area (Å²) in [6.07, 6.45) is 7.05. The first kappa shape index (κ1) is 15.4. The Balaban J connectivity index is 1.79. The monoisotopic (exact) mass is 350 g/mol. The van der Waals surface area contributed by atoms with E-state index < -0.39 is 0 Å². The van der Waals surface area contributed by atoms with Crippen molar-refractivity contribution in [1.82, 2.24) is 5.32 Å². The van der Waals surface area contributed by atoms with Gasteiger partial charge < -0.3 is 10.2 Å². The second-order valence-electron chi connectivity index (χ2n) is 6.58. The van der Waals surface area contributed by atoms with Crippen molar-refractivity contribution in [2.75, 3.05) is 18.0 Å². The van der Waals surface area contributed by atoms with Crippen LogP contribution in [0.25, 0.3) is 0 Å². The highest BCUT2D eigenvalue weighted by Crippen LogP contribution is 2.41. The summed E-state index contributed by atoms with van der Waals surface area (Å²) >= 11 is 3.82. The molecule has 2 fully saturated rings. The van der Waals surface area contributed by atoms with Gasteiger partial charge in [-0.2, -0.15) is 0 Å². The molecule has 1 heterocycles. The van der Waals surface area contributed by atoms with Crippen LogP contribution in [0.4, 0.5) is 5.69 Å². The van der Waals surface area contributed by atoms with Gasteiger partial charge in [0, 0.05) is 23.1 Å². The number of hydrogen-bond donors (Lipinski definition) is 1. The molecule has 3 rings (SSSR count). The molecule has 1 aliphatic carbocycles. The molecule has 2 nitrogen and oxygen atoms in total. The van der Waals surface area contributed by atoms with E-state index in [1.165, 1.54) is 54.4 Å². The van der Waals surface area contributed by atoms with Crippen molar-refractivity contribution in [2.24, 2.45) is 5.92 Å². The van der Waals surface area contributed by atoms with Gasteiger partial charge in [-0.1, -0.05) is 25.8 Å². The van der Waals surface area contributed by atoms with Gasteiger partial charge in [-0.3, -0.25) is 0 Å². The van der Waals surface area contributed by atoms with E-state index in [2.05, 4.69) is 58.2 Å². The average Bonchev–Trinajstić information content (AvgIpc) is 2.91. The molecule has 0 amide bonds. The first-order chi connectivity index (χ1) is 10.2. The summed E-state index contributed by atoms with van der Waals surface area (Å²) in [7, 11) is 0. The number of anilines is 1. The lowest BCUT2D eigenvalue weighted by Gasteiger charge is -2.34. The molecule has 1 aliphatic heterocycles. The van der Waals surface area contributed by atoms with Crippen molar-refractivity contribution in [2.45, 2.75) is 58.0 Å². The molecule has 21 heavy (non-hydrogen) atoms. The van der Waals surface area contributed by atoms with E-state index in [1.807, 2.05) is 0 Å². The molecule has 1 N–H and O–H groups in total. The molecule has 1 saturated carbocycles. The van der Waals surface area contributed by atoms with Crippen LogP contribution in [0.2, 0.25) is 0 Å². The third-order valence-electron chi connectivity index (χ3n) is 5.30. The van der Waals surface area contributed by atoms with Crippen molar-refractivity contribution < 1.29 is 0 Å². The van der Waals surface area contributed by atoms with Crippen LogP contribution in [0.3, 0.4) is 0 Å². The highest BCUT2D eigenvalue weighted by molar-refractivity contribution is 9.10. The van der Waals surface area contributed by atoms with E-state index in [4.69, 9.17) is 0 Å². The minimum Gasteiger partial charge on any atom is -0.367 e. The van der Waals surface area contributed by atoms with Crippen LogP contribution in [0.1, 0.15) is 57.6 Å². The second kappa shape index (κ2) is 6.70. The maximum Gasteiger partial charge on any atom is 0.0513 e. The van der Waals surface area contributed by atoms with Crippen molar-refractivity contribution in [3.05, 3.63) is 28.2 Å². The normalized spacial score (nSPS) is 26.7. The van der Waals surface area contributed by atoms with Crippen molar-refractivity contribution >= 4 is 21.6 Å². The molecule has 0 spiro atoms. The quantitative estimate of drug-likeness (QED) is 0.831. The predicted molar refractivity (Wildman–Crippen MR) is 93.9 cm³/mol. The first-order valence-corrected chi connectivity index (χ1v) is 9.29. The Morgan fingerprint density at radius 1 is 1.29 bits per heavy atom. The van der Waals surface area contributed by atoms with Crippen LogP contribution in [-0.4, -0.2) is 19.1 Å². The lowest BCUT2D eigenvalue weighted by Crippen LogP contribution is -2.34. The van der Waals surface area contributed by atoms with E-state index in [1.54, 1.807) is 0 Å². The molecular formula is C18H27BrN2. The Hall–Kier alpha value is -0.540. The van der Waals surface area contributed by atoms with Crippen molar-refractivity contribution in [3.63, 3.8) is 0 Å². The maximum absolute atomic E-state index is 3.82. The molecule has 116 valence electrons. The molecule has 0 radical (unpaired) electrons. The van der Waals surface area contributed by atoms with E-state index >= 15 is 0 Å². The fraction of sp³-hybridized carbons (Fsp3) is 0.667. The summed E-state index contributed by atoms with van der Waals surface area (Å²) in [5, 5.41) is 3.49. The number of nitrogens with one attached hydrogen (secondary N) is 1. The van der Waals surface area contributed by atoms with Gasteiger partial charge in [0.05, 0.1) is 5.69 Å². The fourth-order valence-electron chi connectivity index (χ4n) is 4.15. The molecule has 0 bridgehead atoms. The maximum atomic E-state index is 3.82. The van der Waals surface area contributed by atoms with Gasteiger partial charge in [-0.05, 0) is 72.3 Å². The van der Waals surface area contributed by atoms with Crippen LogP contribution in [0.15, 0.2) is 22.7 Å². The lowest BCUT2D eigenvalue weighted by molar-refractivity contribution is 0.342. The molecule has 3 unspecified atom stereocenters. The van der Waals surface area contributed by atoms with Crippen LogP contribution >= 0.6 is 15.9 Å². The van der Waals surface area contributed by atoms with Crippen LogP contribution in [0, 0.1) is 5.92 Å². The predicted octanol–water partition coefficient (Wildman–Crippen LogP) is 4.89. The molecule has 0 aromatic heterocycles. The van der Waals surface area contributed by atoms with Gasteiger partial charge in [-0.15, -0.1) is 0 Å². The third-order valence-corrected chi connectivity index (χ3v) is 5.94. The Labute approximate surface area is 137 Å². The van der Waals surface area contributed by atoms with E-state index in [0.29, 0.717) is 6.04 Å². The van der Waals surface area contributed by atoms with E-state index in [9.17, 15) is 0 Å². The topological polar surface area (TPSA) is 15.3 Å². The number of hydrogen-bond acceptors (Lipinski definition) is 2. The average molecular weight is 351 g/mol. The van der Waals surface area contributed by atoms with Crippen LogP contribution in [0.5, 0.6) is 0 Å². The fourth-order valence-corrected chi connectivity index (χ4v) is 4.78. The number of nitrogens with zero attached hydrogens (tertiary/aromatic N) is 1. The van der Waals surface area contributed by atoms with Gasteiger partial charge in [-0.25, -0.2) is 0 Å². The van der Waals surface area contributed by atoms with Gasteiger partial charge in [0.25, 0.3) is 0 Å². The SMILES string of the molecule is CCNC(C)c1ccc(N2CCC3CCCCC32)c(Br)c1. The summed E-state index contributed by atoms with van der Waals surface area (Å²) in [5.74, 6) is 0.936. The zero-order valence-electron chi connectivity index (χ0n) is 13.2. The molecule has 1 aromatic carbocycles. The first-order valence-electron chi connectivity index (χ1n) is 8.50. The number of halogens is 1. The van der Waals surface area contributed by atoms with Crippen molar-refractivity contribution in [1.29, 1.82) is 0 Å². The Kier molecular flexibility index (Phi) is 4.90. The molecular weight excluding hydrogens is 324 g/mol. The molecule has 2 aliphatic rings. The van der Waals surface area contributed by atoms with Gasteiger partial charge in [0.15, 0.2) is 0 Å². The summed E-state index contributed by atoms with van der Waals surface area (Å²) < 4.78 is 1.26. The molecule has 1 saturated heterocycles. The van der Waals surface area contributed by atoms with E-state index in [0.717, 1.165) is 18.5 Å². The highest BCUT2D eigenvalue weighted by atomic mass is 79.9. The van der Waals surface area contributed by atoms with Crippen LogP contribution < -0.4 is 10.2 Å². The zero-order chi connectivity index (χ0) is 14.8. The summed E-state index contributed by atoms with van der Waals surface area (Å²) in [6, 6.07) is 8.13. The van der Waals surface area contributed by atoms with Gasteiger partial charge in [0.2, 0.25) is 0 Å². The smallest absolute Gasteiger partial charge is 0.0513 e. The van der Waals surface area contributed by atoms with Crippen molar-refractivity contribution in [3.8, 4) is 0 Å². The number of fused-ring (bicyclic) bond motifs is 1. The molecule has 3 atom stereocenters. The zero-order valence-corrected chi connectivity index (χ0v) is 14.8. The summed E-state index contributed by atoms with van der Waals surface area (Å²) in [4.78, 5) is 2.66. The largest absolute Gasteiger partial charge is 0.367 e. The van der Waals surface area contributed by atoms with E-state index in [-0.39, 0.29) is 0 Å². The number of benzene rings is 1. The summed E-state index contributed by atoms with van der Waals surface area (Å²) in [5.41, 5.74) is 2.77. The van der Waals surface area contributed by atoms with Crippen LogP contribution in [-0.2, 0) is 0 Å². The highest BCUT2D eigenvalue weighted by Gasteiger charge is 2.36. The molecule has 3 heteroatoms. The second-order valence-corrected chi connectivity index (χ2v) is 7.44. The lowest BCUT2D eigenvalue weighted by atomic mass is 9.85. The minimum atomic E-state index is 0.418. The summed E-state index contributed by atoms with van der Waals surface area (Å²) in [6.45, 7) is 6.64. The Morgan fingerprint density at radius 3 is 2.86 bits per heavy atom. The third kappa shape index (κ3) is 3.14. The number of rotatable bonds is 4. The van der Waals surface area contributed by atoms with Gasteiger partial charge >= 0.3 is 0 Å². The van der Waals surface area contributed by atoms with Gasteiger partial charge in [0.1, 0.15) is 0 Å². The standard InChI is InChI=1S/C18H27BrN2/c1-3-20-13(2)15-8-9-18(16(19)12-15)21-11-10-14-6-4-5-7-17(14)21/h8-9,12-14,17,20H,3-7,10-11H2,1-2H3.